The van der Waals surface area contributed by atoms with Gasteiger partial charge in [-0.3, -0.25) is 0 Å². The molecule has 0 saturated carbocycles. The molecule has 0 bridgehead atoms. The Morgan fingerprint density at radius 3 is 2.25 bits per heavy atom. The van der Waals surface area contributed by atoms with E-state index in [4.69, 9.17) is 11.6 Å². The highest BCUT2D eigenvalue weighted by Gasteiger charge is 2.28. The van der Waals surface area contributed by atoms with Crippen molar-refractivity contribution >= 4 is 59.4 Å². The van der Waals surface area contributed by atoms with Crippen LogP contribution in [0.3, 0.4) is 0 Å². The van der Waals surface area contributed by atoms with Crippen LogP contribution in [0.4, 0.5) is 0 Å². The van der Waals surface area contributed by atoms with E-state index >= 15 is 0 Å². The molecule has 0 aliphatic rings. The standard InChI is InChI=1S/C8H14Br3Cl/c1-2-3-4-5-6-7(9)8(10,11)12/h7H,2-6H2,1H3. The third-order valence-electron chi connectivity index (χ3n) is 1.67. The first-order chi connectivity index (χ1) is 5.48. The normalized spacial score (nSPS) is 14.8. The zero-order valence-corrected chi connectivity index (χ0v) is 12.6. The first kappa shape index (κ1) is 13.7. The maximum atomic E-state index is 5.98. The molecular weight excluding hydrogens is 371 g/mol. The molecule has 0 spiro atoms. The van der Waals surface area contributed by atoms with E-state index in [1.807, 2.05) is 0 Å². The molecule has 0 heterocycles. The number of alkyl halides is 4. The van der Waals surface area contributed by atoms with Crippen LogP contribution in [-0.4, -0.2) is 7.52 Å². The minimum Gasteiger partial charge on any atom is -0.0927 e. The Morgan fingerprint density at radius 2 is 1.83 bits per heavy atom. The summed E-state index contributed by atoms with van der Waals surface area (Å²) in [5.74, 6) is 0. The molecule has 0 aliphatic heterocycles. The molecule has 0 fully saturated rings. The monoisotopic (exact) mass is 382 g/mol. The highest BCUT2D eigenvalue weighted by molar-refractivity contribution is 9.27. The van der Waals surface area contributed by atoms with E-state index in [0.717, 1.165) is 6.42 Å². The number of hydrogen-bond acceptors (Lipinski definition) is 0. The van der Waals surface area contributed by atoms with Crippen molar-refractivity contribution in [1.29, 1.82) is 0 Å². The molecule has 0 radical (unpaired) electrons. The smallest absolute Gasteiger partial charge is 0.0927 e. The molecule has 0 aliphatic carbocycles. The predicted octanol–water partition coefficient (Wildman–Crippen LogP) is 5.40. The van der Waals surface area contributed by atoms with Gasteiger partial charge in [-0.1, -0.05) is 92.0 Å². The van der Waals surface area contributed by atoms with Gasteiger partial charge in [0.1, 0.15) is 0 Å². The Balaban J connectivity index is 3.38. The largest absolute Gasteiger partial charge is 0.165 e. The molecule has 1 unspecified atom stereocenters. The lowest BCUT2D eigenvalue weighted by atomic mass is 10.1. The van der Waals surface area contributed by atoms with Crippen molar-refractivity contribution in [1.82, 2.24) is 0 Å². The Hall–Kier alpha value is 1.73. The zero-order valence-electron chi connectivity index (χ0n) is 7.12. The van der Waals surface area contributed by atoms with Gasteiger partial charge in [0, 0.05) is 0 Å². The lowest BCUT2D eigenvalue weighted by Gasteiger charge is -2.18. The summed E-state index contributed by atoms with van der Waals surface area (Å²) in [5, 5.41) is 0. The zero-order chi connectivity index (χ0) is 9.61. The highest BCUT2D eigenvalue weighted by Crippen LogP contribution is 2.41. The fourth-order valence-electron chi connectivity index (χ4n) is 0.914. The van der Waals surface area contributed by atoms with Crippen LogP contribution in [-0.2, 0) is 0 Å². The molecule has 0 nitrogen and oxygen atoms in total. The molecule has 0 saturated heterocycles. The molecular formula is C8H14Br3Cl. The van der Waals surface area contributed by atoms with Crippen molar-refractivity contribution in [3.8, 4) is 0 Å². The first-order valence-corrected chi connectivity index (χ1v) is 7.07. The fraction of sp³-hybridized carbons (Fsp3) is 1.00. The summed E-state index contributed by atoms with van der Waals surface area (Å²) in [6.07, 6.45) is 6.22. The lowest BCUT2D eigenvalue weighted by Crippen LogP contribution is -2.17. The van der Waals surface area contributed by atoms with E-state index < -0.39 is 2.69 Å². The van der Waals surface area contributed by atoms with Crippen LogP contribution in [0.5, 0.6) is 0 Å². The quantitative estimate of drug-likeness (QED) is 0.424. The molecule has 0 aromatic rings. The molecule has 12 heavy (non-hydrogen) atoms. The van der Waals surface area contributed by atoms with Crippen molar-refractivity contribution < 1.29 is 0 Å². The number of unbranched alkanes of at least 4 members (excludes halogenated alkanes) is 3. The fourth-order valence-corrected chi connectivity index (χ4v) is 1.80. The van der Waals surface area contributed by atoms with Crippen molar-refractivity contribution in [3.63, 3.8) is 0 Å². The van der Waals surface area contributed by atoms with Crippen LogP contribution < -0.4 is 0 Å². The molecule has 74 valence electrons. The SMILES string of the molecule is CCCCCCC(Br)C(Cl)(Br)Br. The van der Waals surface area contributed by atoms with E-state index in [1.54, 1.807) is 0 Å². The Morgan fingerprint density at radius 1 is 1.25 bits per heavy atom. The van der Waals surface area contributed by atoms with Crippen LogP contribution in [0.15, 0.2) is 0 Å². The van der Waals surface area contributed by atoms with Gasteiger partial charge in [-0.15, -0.1) is 0 Å². The molecule has 0 aromatic carbocycles. The van der Waals surface area contributed by atoms with Gasteiger partial charge in [-0.05, 0) is 6.42 Å². The van der Waals surface area contributed by atoms with Crippen LogP contribution in [0.1, 0.15) is 39.0 Å². The number of rotatable bonds is 6. The van der Waals surface area contributed by atoms with E-state index in [9.17, 15) is 0 Å². The summed E-state index contributed by atoms with van der Waals surface area (Å²) >= 11 is 16.2. The van der Waals surface area contributed by atoms with Crippen molar-refractivity contribution in [3.05, 3.63) is 0 Å². The molecule has 0 rings (SSSR count). The summed E-state index contributed by atoms with van der Waals surface area (Å²) in [7, 11) is 0. The van der Waals surface area contributed by atoms with E-state index in [0.29, 0.717) is 0 Å². The summed E-state index contributed by atoms with van der Waals surface area (Å²) in [5.41, 5.74) is 0. The van der Waals surface area contributed by atoms with Crippen LogP contribution in [0.2, 0.25) is 0 Å². The summed E-state index contributed by atoms with van der Waals surface area (Å²) in [6, 6.07) is 0. The maximum Gasteiger partial charge on any atom is 0.165 e. The van der Waals surface area contributed by atoms with Gasteiger partial charge in [0.2, 0.25) is 0 Å². The Bertz CT molecular complexity index is 111. The van der Waals surface area contributed by atoms with Crippen LogP contribution in [0, 0.1) is 0 Å². The first-order valence-electron chi connectivity index (χ1n) is 4.19. The molecule has 0 amide bonds. The topological polar surface area (TPSA) is 0 Å². The van der Waals surface area contributed by atoms with Crippen LogP contribution >= 0.6 is 59.4 Å². The van der Waals surface area contributed by atoms with Gasteiger partial charge in [0.25, 0.3) is 0 Å². The minimum absolute atomic E-state index is 0.281. The summed E-state index contributed by atoms with van der Waals surface area (Å²) in [4.78, 5) is 0.281. The van der Waals surface area contributed by atoms with E-state index in [-0.39, 0.29) is 4.83 Å². The highest BCUT2D eigenvalue weighted by atomic mass is 79.9. The molecule has 1 atom stereocenters. The Labute approximate surface area is 105 Å². The van der Waals surface area contributed by atoms with Crippen molar-refractivity contribution in [2.45, 2.75) is 46.5 Å². The average molecular weight is 385 g/mol. The van der Waals surface area contributed by atoms with Gasteiger partial charge in [0.15, 0.2) is 2.69 Å². The predicted molar refractivity (Wildman–Crippen MR) is 67.9 cm³/mol. The van der Waals surface area contributed by atoms with Gasteiger partial charge in [-0.2, -0.15) is 0 Å². The average Bonchev–Trinajstić information content (AvgIpc) is 1.96. The lowest BCUT2D eigenvalue weighted by molar-refractivity contribution is 0.628. The number of halogens is 4. The van der Waals surface area contributed by atoms with Crippen molar-refractivity contribution in [2.75, 3.05) is 0 Å². The molecule has 4 heteroatoms. The van der Waals surface area contributed by atoms with Gasteiger partial charge in [0.05, 0.1) is 4.83 Å². The van der Waals surface area contributed by atoms with Crippen LogP contribution in [0.25, 0.3) is 0 Å². The third kappa shape index (κ3) is 7.16. The summed E-state index contributed by atoms with van der Waals surface area (Å²) < 4.78 is -0.480. The van der Waals surface area contributed by atoms with E-state index in [1.165, 1.54) is 25.7 Å². The molecule has 0 aromatic heterocycles. The minimum atomic E-state index is -0.480. The van der Waals surface area contributed by atoms with Gasteiger partial charge in [-0.25, -0.2) is 0 Å². The molecule has 0 N–H and O–H groups in total. The second-order valence-corrected chi connectivity index (χ2v) is 9.04. The second-order valence-electron chi connectivity index (χ2n) is 2.86. The van der Waals surface area contributed by atoms with Gasteiger partial charge < -0.3 is 0 Å². The third-order valence-corrected chi connectivity index (χ3v) is 5.67. The Kier molecular flexibility index (Phi) is 8.10. The van der Waals surface area contributed by atoms with E-state index in [2.05, 4.69) is 54.7 Å². The maximum absolute atomic E-state index is 5.98. The number of hydrogen-bond donors (Lipinski definition) is 0. The summed E-state index contributed by atoms with van der Waals surface area (Å²) in [6.45, 7) is 2.21. The second kappa shape index (κ2) is 7.08. The van der Waals surface area contributed by atoms with Crippen molar-refractivity contribution in [2.24, 2.45) is 0 Å². The van der Waals surface area contributed by atoms with Gasteiger partial charge >= 0.3 is 0 Å².